The molecule has 0 heterocycles. The minimum atomic E-state index is -1.65. The van der Waals surface area contributed by atoms with Gasteiger partial charge in [-0.1, -0.05) is 12.1 Å². The second-order valence-electron chi connectivity index (χ2n) is 6.12. The molecule has 3 aromatic carbocycles. The summed E-state index contributed by atoms with van der Waals surface area (Å²) in [5, 5.41) is 0. The van der Waals surface area contributed by atoms with Gasteiger partial charge in [-0.05, 0) is 11.6 Å². The maximum Gasteiger partial charge on any atom is 0.194 e. The quantitative estimate of drug-likeness (QED) is 0.317. The van der Waals surface area contributed by atoms with Crippen LogP contribution in [0.25, 0.3) is 11.1 Å². The van der Waals surface area contributed by atoms with Gasteiger partial charge in [-0.2, -0.15) is 0 Å². The molecule has 10 heteroatoms. The minimum absolute atomic E-state index is 0.0187. The summed E-state index contributed by atoms with van der Waals surface area (Å²) in [6, 6.07) is 8.47. The van der Waals surface area contributed by atoms with Gasteiger partial charge in [0.1, 0.15) is 29.7 Å². The van der Waals surface area contributed by atoms with E-state index in [1.807, 2.05) is 0 Å². The van der Waals surface area contributed by atoms with Crippen LogP contribution in [0.3, 0.4) is 0 Å². The van der Waals surface area contributed by atoms with E-state index in [2.05, 4.69) is 4.94 Å². The van der Waals surface area contributed by atoms with E-state index in [4.69, 9.17) is 14.2 Å². The smallest absolute Gasteiger partial charge is 0.194 e. The molecule has 0 aliphatic rings. The summed E-state index contributed by atoms with van der Waals surface area (Å²) in [4.78, 5) is 2.98. The normalized spacial score (nSPS) is 10.2. The van der Waals surface area contributed by atoms with Gasteiger partial charge in [0.05, 0.1) is 26.9 Å². The highest BCUT2D eigenvalue weighted by Crippen LogP contribution is 2.42. The Bertz CT molecular complexity index is 1030. The molecule has 0 spiro atoms. The number of methoxy groups -OCH3 is 3. The van der Waals surface area contributed by atoms with E-state index < -0.39 is 35.7 Å². The van der Waals surface area contributed by atoms with Crippen LogP contribution in [0.4, 0.5) is 26.5 Å². The molecule has 0 aliphatic heterocycles. The van der Waals surface area contributed by atoms with E-state index in [-0.39, 0.29) is 5.56 Å². The third-order valence-electron chi connectivity index (χ3n) is 4.25. The van der Waals surface area contributed by atoms with E-state index in [9.17, 15) is 26.5 Å². The van der Waals surface area contributed by atoms with Crippen LogP contribution in [0.2, 0.25) is 0 Å². The van der Waals surface area contributed by atoms with Gasteiger partial charge in [0.25, 0.3) is 0 Å². The Hall–Kier alpha value is -3.56. The highest BCUT2D eigenvalue weighted by atomic mass is 19.3. The summed E-state index contributed by atoms with van der Waals surface area (Å²) in [5.74, 6) is -4.40. The zero-order valence-electron chi connectivity index (χ0n) is 17.1. The van der Waals surface area contributed by atoms with Crippen LogP contribution in [-0.4, -0.2) is 21.3 Å². The molecule has 0 saturated carbocycles. The number of benzene rings is 3. The Morgan fingerprint density at radius 2 is 1.25 bits per heavy atom. The predicted molar refractivity (Wildman–Crippen MR) is 104 cm³/mol. The van der Waals surface area contributed by atoms with E-state index in [1.165, 1.54) is 33.5 Å². The first kappa shape index (κ1) is 24.7. The molecule has 0 aliphatic carbocycles. The molecule has 0 N–H and O–H groups in total. The summed E-state index contributed by atoms with van der Waals surface area (Å²) < 4.78 is 89.9. The molecule has 3 aromatic rings. The lowest BCUT2D eigenvalue weighted by atomic mass is 10.0. The van der Waals surface area contributed by atoms with Crippen molar-refractivity contribution in [1.82, 2.24) is 0 Å². The van der Waals surface area contributed by atoms with E-state index in [1.54, 1.807) is 18.2 Å². The summed E-state index contributed by atoms with van der Waals surface area (Å²) in [5.41, 5.74) is 1.15. The fourth-order valence-corrected chi connectivity index (χ4v) is 2.68. The first-order chi connectivity index (χ1) is 15.3. The van der Waals surface area contributed by atoms with Crippen LogP contribution in [0.15, 0.2) is 42.5 Å². The molecule has 0 fully saturated rings. The summed E-state index contributed by atoms with van der Waals surface area (Å²) in [7, 11) is 4.54. The number of hydrogen-bond acceptors (Lipinski definition) is 4. The van der Waals surface area contributed by atoms with Crippen molar-refractivity contribution in [2.45, 2.75) is 6.67 Å². The van der Waals surface area contributed by atoms with Crippen molar-refractivity contribution >= 4 is 0 Å². The van der Waals surface area contributed by atoms with Crippen LogP contribution >= 0.6 is 0 Å². The number of hydrogen-bond donors (Lipinski definition) is 0. The van der Waals surface area contributed by atoms with Gasteiger partial charge in [-0.25, -0.2) is 22.0 Å². The van der Waals surface area contributed by atoms with Gasteiger partial charge in [-0.15, -0.1) is 0 Å². The molecular formula is C22H18F6O4. The first-order valence-electron chi connectivity index (χ1n) is 8.87. The Labute approximate surface area is 179 Å². The second-order valence-corrected chi connectivity index (χ2v) is 6.12. The maximum atomic E-state index is 13.8. The van der Waals surface area contributed by atoms with Gasteiger partial charge in [0.15, 0.2) is 23.2 Å². The molecule has 0 unspecified atom stereocenters. The summed E-state index contributed by atoms with van der Waals surface area (Å²) >= 11 is 0. The third-order valence-corrected chi connectivity index (χ3v) is 4.25. The van der Waals surface area contributed by atoms with Gasteiger partial charge in [0.2, 0.25) is 0 Å². The first-order valence-corrected chi connectivity index (χ1v) is 8.87. The molecule has 32 heavy (non-hydrogen) atoms. The molecular weight excluding hydrogens is 442 g/mol. The highest BCUT2D eigenvalue weighted by molar-refractivity contribution is 5.78. The average molecular weight is 460 g/mol. The predicted octanol–water partition coefficient (Wildman–Crippen LogP) is 6.36. The Balaban J connectivity index is 0.000000278. The topological polar surface area (TPSA) is 36.9 Å². The van der Waals surface area contributed by atoms with E-state index in [0.717, 1.165) is 0 Å². The maximum absolute atomic E-state index is 13.8. The number of alkyl halides is 1. The van der Waals surface area contributed by atoms with E-state index >= 15 is 0 Å². The molecule has 0 aromatic heterocycles. The van der Waals surface area contributed by atoms with E-state index in [0.29, 0.717) is 40.5 Å². The van der Waals surface area contributed by atoms with Crippen molar-refractivity contribution in [3.05, 3.63) is 71.3 Å². The van der Waals surface area contributed by atoms with Gasteiger partial charge in [-0.3, -0.25) is 4.94 Å². The van der Waals surface area contributed by atoms with Crippen LogP contribution in [0.1, 0.15) is 5.56 Å². The average Bonchev–Trinajstić information content (AvgIpc) is 2.81. The lowest BCUT2D eigenvalue weighted by molar-refractivity contribution is -0.00711. The zero-order valence-corrected chi connectivity index (χ0v) is 17.1. The van der Waals surface area contributed by atoms with Crippen molar-refractivity contribution in [3.63, 3.8) is 0 Å². The van der Waals surface area contributed by atoms with Gasteiger partial charge in [0, 0.05) is 34.4 Å². The molecule has 3 rings (SSSR count). The number of halogens is 6. The lowest BCUT2D eigenvalue weighted by Crippen LogP contribution is -1.96. The summed E-state index contributed by atoms with van der Waals surface area (Å²) in [6.45, 7) is -0.844. The van der Waals surface area contributed by atoms with Crippen LogP contribution < -0.4 is 19.2 Å². The monoisotopic (exact) mass is 460 g/mol. The molecule has 4 nitrogen and oxygen atoms in total. The SMILES string of the molecule is COc1cc(OC)c(-c2ccc(CF)c(F)c2)c(OC)c1.FOc1cc(F)c(F)c(F)c1. The van der Waals surface area contributed by atoms with Crippen LogP contribution in [0, 0.1) is 23.3 Å². The number of rotatable bonds is 6. The van der Waals surface area contributed by atoms with Gasteiger partial charge >= 0.3 is 0 Å². The third kappa shape index (κ3) is 5.57. The standard InChI is InChI=1S/C16H16F2O3.C6H2F4O/c1-19-12-7-14(20-2)16(15(8-12)21-3)10-4-5-11(9-17)13(18)6-10;7-4-1-3(11-10)2-5(8)6(4)9/h4-8H,9H2,1-3H3;1-2H. The zero-order chi connectivity index (χ0) is 23.8. The Kier molecular flexibility index (Phi) is 8.62. The molecule has 0 bridgehead atoms. The van der Waals surface area contributed by atoms with Crippen molar-refractivity contribution in [2.24, 2.45) is 0 Å². The van der Waals surface area contributed by atoms with Gasteiger partial charge < -0.3 is 14.2 Å². The van der Waals surface area contributed by atoms with Crippen molar-refractivity contribution in [2.75, 3.05) is 21.3 Å². The highest BCUT2D eigenvalue weighted by Gasteiger charge is 2.17. The Morgan fingerprint density at radius 1 is 0.688 bits per heavy atom. The van der Waals surface area contributed by atoms with Crippen molar-refractivity contribution in [3.8, 4) is 34.1 Å². The second kappa shape index (κ2) is 11.2. The molecule has 0 amide bonds. The molecule has 0 saturated heterocycles. The van der Waals surface area contributed by atoms with Crippen LogP contribution in [0.5, 0.6) is 23.0 Å². The van der Waals surface area contributed by atoms with Crippen molar-refractivity contribution < 1.29 is 45.6 Å². The largest absolute Gasteiger partial charge is 0.496 e. The fraction of sp³-hybridized carbons (Fsp3) is 0.182. The summed E-state index contributed by atoms with van der Waals surface area (Å²) in [6.07, 6.45) is 0. The number of ether oxygens (including phenoxy) is 3. The van der Waals surface area contributed by atoms with Crippen molar-refractivity contribution in [1.29, 1.82) is 0 Å². The Morgan fingerprint density at radius 3 is 1.66 bits per heavy atom. The molecule has 0 atom stereocenters. The molecule has 172 valence electrons. The van der Waals surface area contributed by atoms with Crippen LogP contribution in [-0.2, 0) is 6.67 Å². The lowest BCUT2D eigenvalue weighted by Gasteiger charge is -2.15. The molecule has 0 radical (unpaired) electrons. The fourth-order valence-electron chi connectivity index (χ4n) is 2.68. The minimum Gasteiger partial charge on any atom is -0.496 e.